The van der Waals surface area contributed by atoms with Crippen molar-refractivity contribution in [3.8, 4) is 0 Å². The first kappa shape index (κ1) is 12.5. The van der Waals surface area contributed by atoms with Crippen LogP contribution < -0.4 is 0 Å². The van der Waals surface area contributed by atoms with Crippen molar-refractivity contribution in [2.24, 2.45) is 0 Å². The van der Waals surface area contributed by atoms with Crippen LogP contribution in [-0.4, -0.2) is 19.1 Å². The Kier molecular flexibility index (Phi) is 5.13. The number of alkyl halides is 1. The van der Waals surface area contributed by atoms with Gasteiger partial charge in [0.05, 0.1) is 0 Å². The van der Waals surface area contributed by atoms with Crippen LogP contribution in [-0.2, 0) is 11.2 Å². The third-order valence-corrected chi connectivity index (χ3v) is 2.95. The molecule has 1 unspecified atom stereocenters. The first-order chi connectivity index (χ1) is 7.13. The summed E-state index contributed by atoms with van der Waals surface area (Å²) < 4.78 is 5.02. The minimum atomic E-state index is 0.172. The molecule has 1 nitrogen and oxygen atoms in total. The summed E-state index contributed by atoms with van der Waals surface area (Å²) in [5.41, 5.74) is 3.97. The minimum absolute atomic E-state index is 0.172. The maximum absolute atomic E-state index is 6.24. The SMILES string of the molecule is COCCC(Cl)Cc1cc(C)ccc1C. The van der Waals surface area contributed by atoms with Gasteiger partial charge in [-0.3, -0.25) is 0 Å². The topological polar surface area (TPSA) is 9.23 Å². The van der Waals surface area contributed by atoms with Gasteiger partial charge >= 0.3 is 0 Å². The lowest BCUT2D eigenvalue weighted by Crippen LogP contribution is -2.08. The Labute approximate surface area is 97.4 Å². The molecular formula is C13H19ClO. The standard InChI is InChI=1S/C13H19ClO/c1-10-4-5-11(2)12(8-10)9-13(14)6-7-15-3/h4-5,8,13H,6-7,9H2,1-3H3. The Bertz CT molecular complexity index is 309. The molecule has 0 aliphatic carbocycles. The van der Waals surface area contributed by atoms with E-state index in [2.05, 4.69) is 32.0 Å². The van der Waals surface area contributed by atoms with Crippen LogP contribution in [0.3, 0.4) is 0 Å². The van der Waals surface area contributed by atoms with E-state index in [9.17, 15) is 0 Å². The molecule has 1 atom stereocenters. The first-order valence-corrected chi connectivity index (χ1v) is 5.76. The summed E-state index contributed by atoms with van der Waals surface area (Å²) in [4.78, 5) is 0. The Hall–Kier alpha value is -0.530. The van der Waals surface area contributed by atoms with E-state index in [1.54, 1.807) is 7.11 Å². The molecule has 0 bridgehead atoms. The predicted molar refractivity (Wildman–Crippen MR) is 65.8 cm³/mol. The van der Waals surface area contributed by atoms with Crippen molar-refractivity contribution in [2.45, 2.75) is 32.1 Å². The number of benzene rings is 1. The second-order valence-corrected chi connectivity index (χ2v) is 4.63. The molecule has 1 rings (SSSR count). The van der Waals surface area contributed by atoms with E-state index in [0.29, 0.717) is 0 Å². The van der Waals surface area contributed by atoms with Crippen LogP contribution in [0.15, 0.2) is 18.2 Å². The van der Waals surface area contributed by atoms with E-state index >= 15 is 0 Å². The smallest absolute Gasteiger partial charge is 0.0476 e. The molecular weight excluding hydrogens is 208 g/mol. The van der Waals surface area contributed by atoms with Crippen LogP contribution in [0.5, 0.6) is 0 Å². The van der Waals surface area contributed by atoms with Gasteiger partial charge in [-0.1, -0.05) is 23.8 Å². The highest BCUT2D eigenvalue weighted by molar-refractivity contribution is 6.20. The summed E-state index contributed by atoms with van der Waals surface area (Å²) >= 11 is 6.24. The molecule has 0 spiro atoms. The molecule has 84 valence electrons. The van der Waals surface area contributed by atoms with E-state index in [1.165, 1.54) is 16.7 Å². The summed E-state index contributed by atoms with van der Waals surface area (Å²) in [7, 11) is 1.71. The van der Waals surface area contributed by atoms with Gasteiger partial charge < -0.3 is 4.74 Å². The van der Waals surface area contributed by atoms with Gasteiger partial charge in [-0.25, -0.2) is 0 Å². The summed E-state index contributed by atoms with van der Waals surface area (Å²) in [5.74, 6) is 0. The summed E-state index contributed by atoms with van der Waals surface area (Å²) in [6, 6.07) is 6.51. The lowest BCUT2D eigenvalue weighted by atomic mass is 10.0. The number of hydrogen-bond donors (Lipinski definition) is 0. The average Bonchev–Trinajstić information content (AvgIpc) is 2.20. The van der Waals surface area contributed by atoms with Crippen molar-refractivity contribution in [2.75, 3.05) is 13.7 Å². The van der Waals surface area contributed by atoms with Crippen molar-refractivity contribution < 1.29 is 4.74 Å². The number of hydrogen-bond acceptors (Lipinski definition) is 1. The maximum Gasteiger partial charge on any atom is 0.0476 e. The van der Waals surface area contributed by atoms with Crippen molar-refractivity contribution in [3.05, 3.63) is 34.9 Å². The third kappa shape index (κ3) is 4.23. The van der Waals surface area contributed by atoms with Gasteiger partial charge in [0.25, 0.3) is 0 Å². The highest BCUT2D eigenvalue weighted by atomic mass is 35.5. The predicted octanol–water partition coefficient (Wildman–Crippen LogP) is 3.49. The summed E-state index contributed by atoms with van der Waals surface area (Å²) in [6.07, 6.45) is 1.84. The molecule has 2 heteroatoms. The van der Waals surface area contributed by atoms with E-state index in [-0.39, 0.29) is 5.38 Å². The largest absolute Gasteiger partial charge is 0.385 e. The lowest BCUT2D eigenvalue weighted by Gasteiger charge is -2.11. The normalized spacial score (nSPS) is 12.8. The quantitative estimate of drug-likeness (QED) is 0.699. The Balaban J connectivity index is 2.59. The fourth-order valence-electron chi connectivity index (χ4n) is 1.61. The molecule has 0 heterocycles. The highest BCUT2D eigenvalue weighted by Gasteiger charge is 2.07. The monoisotopic (exact) mass is 226 g/mol. The molecule has 0 amide bonds. The number of ether oxygens (including phenoxy) is 1. The van der Waals surface area contributed by atoms with Crippen molar-refractivity contribution >= 4 is 11.6 Å². The Morgan fingerprint density at radius 3 is 2.73 bits per heavy atom. The second-order valence-electron chi connectivity index (χ2n) is 4.01. The van der Waals surface area contributed by atoms with Gasteiger partial charge in [0.15, 0.2) is 0 Å². The lowest BCUT2D eigenvalue weighted by molar-refractivity contribution is 0.194. The Morgan fingerprint density at radius 1 is 1.33 bits per heavy atom. The van der Waals surface area contributed by atoms with Gasteiger partial charge in [0, 0.05) is 19.1 Å². The molecule has 1 aromatic rings. The molecule has 0 aliphatic heterocycles. The van der Waals surface area contributed by atoms with Crippen LogP contribution >= 0.6 is 11.6 Å². The van der Waals surface area contributed by atoms with Crippen molar-refractivity contribution in [1.29, 1.82) is 0 Å². The minimum Gasteiger partial charge on any atom is -0.385 e. The van der Waals surface area contributed by atoms with Crippen LogP contribution in [0.4, 0.5) is 0 Å². The van der Waals surface area contributed by atoms with Gasteiger partial charge in [-0.15, -0.1) is 11.6 Å². The van der Waals surface area contributed by atoms with E-state index < -0.39 is 0 Å². The highest BCUT2D eigenvalue weighted by Crippen LogP contribution is 2.16. The third-order valence-electron chi connectivity index (χ3n) is 2.58. The van der Waals surface area contributed by atoms with Gasteiger partial charge in [0.1, 0.15) is 0 Å². The molecule has 0 aromatic heterocycles. The fourth-order valence-corrected chi connectivity index (χ4v) is 1.86. The molecule has 1 aromatic carbocycles. The van der Waals surface area contributed by atoms with E-state index in [0.717, 1.165) is 19.4 Å². The Morgan fingerprint density at radius 2 is 2.07 bits per heavy atom. The summed E-state index contributed by atoms with van der Waals surface area (Å²) in [6.45, 7) is 4.98. The molecule has 15 heavy (non-hydrogen) atoms. The molecule has 0 saturated heterocycles. The van der Waals surface area contributed by atoms with E-state index in [1.807, 2.05) is 0 Å². The van der Waals surface area contributed by atoms with Crippen molar-refractivity contribution in [1.82, 2.24) is 0 Å². The molecule has 0 fully saturated rings. The average molecular weight is 227 g/mol. The summed E-state index contributed by atoms with van der Waals surface area (Å²) in [5, 5.41) is 0.172. The van der Waals surface area contributed by atoms with Gasteiger partial charge in [0.2, 0.25) is 0 Å². The number of halogens is 1. The number of aryl methyl sites for hydroxylation is 2. The maximum atomic E-state index is 6.24. The molecule has 0 N–H and O–H groups in total. The fraction of sp³-hybridized carbons (Fsp3) is 0.538. The zero-order chi connectivity index (χ0) is 11.3. The van der Waals surface area contributed by atoms with E-state index in [4.69, 9.17) is 16.3 Å². The van der Waals surface area contributed by atoms with Crippen molar-refractivity contribution in [3.63, 3.8) is 0 Å². The van der Waals surface area contributed by atoms with Gasteiger partial charge in [-0.05, 0) is 37.8 Å². The zero-order valence-corrected chi connectivity index (χ0v) is 10.5. The van der Waals surface area contributed by atoms with Crippen LogP contribution in [0, 0.1) is 13.8 Å². The molecule has 0 aliphatic rings. The molecule has 0 radical (unpaired) electrons. The van der Waals surface area contributed by atoms with Crippen LogP contribution in [0.1, 0.15) is 23.1 Å². The first-order valence-electron chi connectivity index (χ1n) is 5.32. The zero-order valence-electron chi connectivity index (χ0n) is 9.72. The molecule has 0 saturated carbocycles. The van der Waals surface area contributed by atoms with Crippen LogP contribution in [0.25, 0.3) is 0 Å². The van der Waals surface area contributed by atoms with Crippen LogP contribution in [0.2, 0.25) is 0 Å². The second kappa shape index (κ2) is 6.14. The number of rotatable bonds is 5. The number of methoxy groups -OCH3 is 1. The van der Waals surface area contributed by atoms with Gasteiger partial charge in [-0.2, -0.15) is 0 Å².